The molecule has 1 aromatic carbocycles. The zero-order valence-electron chi connectivity index (χ0n) is 13.2. The third-order valence-corrected chi connectivity index (χ3v) is 3.42. The Morgan fingerprint density at radius 1 is 1.16 bits per heavy atom. The zero-order valence-corrected chi connectivity index (χ0v) is 13.2. The van der Waals surface area contributed by atoms with Crippen molar-refractivity contribution in [2.45, 2.75) is 13.0 Å². The number of aromatic nitrogens is 3. The van der Waals surface area contributed by atoms with Gasteiger partial charge in [-0.25, -0.2) is 14.8 Å². The van der Waals surface area contributed by atoms with Crippen molar-refractivity contribution < 1.29 is 14.3 Å². The number of benzene rings is 1. The highest BCUT2D eigenvalue weighted by Gasteiger charge is 2.21. The maximum absolute atomic E-state index is 12.4. The number of aromatic amines is 1. The van der Waals surface area contributed by atoms with Crippen molar-refractivity contribution in [3.05, 3.63) is 64.7 Å². The lowest BCUT2D eigenvalue weighted by atomic mass is 10.1. The van der Waals surface area contributed by atoms with Gasteiger partial charge in [-0.05, 0) is 19.1 Å². The first-order valence-electron chi connectivity index (χ1n) is 7.45. The van der Waals surface area contributed by atoms with Crippen molar-refractivity contribution in [3.63, 3.8) is 0 Å². The number of para-hydroxylation sites is 1. The van der Waals surface area contributed by atoms with Crippen LogP contribution in [-0.4, -0.2) is 32.9 Å². The van der Waals surface area contributed by atoms with E-state index in [1.54, 1.807) is 30.3 Å². The molecule has 1 atom stereocenters. The fraction of sp³-hybridized carbons (Fsp3) is 0.118. The molecule has 0 fully saturated rings. The Labute approximate surface area is 141 Å². The molecule has 0 aliphatic heterocycles. The largest absolute Gasteiger partial charge is 0.449 e. The van der Waals surface area contributed by atoms with E-state index < -0.39 is 23.5 Å². The summed E-state index contributed by atoms with van der Waals surface area (Å²) < 4.78 is 5.17. The number of fused-ring (bicyclic) bond motifs is 1. The molecule has 8 heteroatoms. The number of nitrogens with one attached hydrogen (secondary N) is 2. The number of esters is 1. The molecule has 2 aromatic heterocycles. The number of carbonyl (C=O) groups excluding carboxylic acids is 2. The Morgan fingerprint density at radius 2 is 1.88 bits per heavy atom. The number of amides is 1. The summed E-state index contributed by atoms with van der Waals surface area (Å²) in [4.78, 5) is 46.5. The average Bonchev–Trinajstić information content (AvgIpc) is 2.61. The molecular formula is C17H14N4O4. The molecule has 3 aromatic rings. The van der Waals surface area contributed by atoms with Gasteiger partial charge in [0, 0.05) is 29.4 Å². The first-order chi connectivity index (χ1) is 12.0. The van der Waals surface area contributed by atoms with E-state index in [9.17, 15) is 14.4 Å². The second kappa shape index (κ2) is 6.91. The van der Waals surface area contributed by atoms with E-state index in [1.807, 2.05) is 0 Å². The molecule has 0 unspecified atom stereocenters. The number of rotatable bonds is 4. The summed E-state index contributed by atoms with van der Waals surface area (Å²) in [6.07, 6.45) is 1.86. The number of hydrogen-bond donors (Lipinski definition) is 2. The second-order valence-corrected chi connectivity index (χ2v) is 5.20. The smallest absolute Gasteiger partial charge is 0.339 e. The van der Waals surface area contributed by atoms with Gasteiger partial charge in [-0.1, -0.05) is 18.2 Å². The Morgan fingerprint density at radius 3 is 2.64 bits per heavy atom. The van der Waals surface area contributed by atoms with Crippen LogP contribution < -0.4 is 10.9 Å². The zero-order chi connectivity index (χ0) is 17.8. The van der Waals surface area contributed by atoms with E-state index in [2.05, 4.69) is 20.3 Å². The van der Waals surface area contributed by atoms with Crippen LogP contribution in [0.3, 0.4) is 0 Å². The van der Waals surface area contributed by atoms with E-state index in [-0.39, 0.29) is 11.5 Å². The van der Waals surface area contributed by atoms with E-state index in [1.165, 1.54) is 19.3 Å². The summed E-state index contributed by atoms with van der Waals surface area (Å²) in [7, 11) is 0. The standard InChI is InChI=1S/C17H14N4O4/c1-10(15(23)21-17-18-7-4-8-19-17)25-16(24)12-9-14(22)20-13-6-3-2-5-11(12)13/h2-10H,1H3,(H,20,22)(H,18,19,21,23)/t10-/m0/s1. The van der Waals surface area contributed by atoms with Gasteiger partial charge < -0.3 is 9.72 Å². The maximum Gasteiger partial charge on any atom is 0.339 e. The summed E-state index contributed by atoms with van der Waals surface area (Å²) in [6, 6.07) is 9.59. The van der Waals surface area contributed by atoms with E-state index >= 15 is 0 Å². The molecule has 2 N–H and O–H groups in total. The minimum Gasteiger partial charge on any atom is -0.449 e. The van der Waals surface area contributed by atoms with Crippen LogP contribution in [0.15, 0.2) is 53.6 Å². The Hall–Kier alpha value is -3.55. The first kappa shape index (κ1) is 16.3. The van der Waals surface area contributed by atoms with E-state index in [0.29, 0.717) is 10.9 Å². The first-order valence-corrected chi connectivity index (χ1v) is 7.45. The van der Waals surface area contributed by atoms with Gasteiger partial charge in [0.05, 0.1) is 5.56 Å². The van der Waals surface area contributed by atoms with E-state index in [4.69, 9.17) is 4.74 Å². The molecule has 0 radical (unpaired) electrons. The lowest BCUT2D eigenvalue weighted by Gasteiger charge is -2.13. The van der Waals surface area contributed by atoms with Gasteiger partial charge >= 0.3 is 5.97 Å². The molecule has 3 rings (SSSR count). The van der Waals surface area contributed by atoms with Crippen molar-refractivity contribution in [2.24, 2.45) is 0 Å². The number of ether oxygens (including phenoxy) is 1. The summed E-state index contributed by atoms with van der Waals surface area (Å²) in [5, 5.41) is 2.97. The number of pyridine rings is 1. The Bertz CT molecular complexity index is 985. The fourth-order valence-corrected chi connectivity index (χ4v) is 2.23. The third-order valence-electron chi connectivity index (χ3n) is 3.42. The summed E-state index contributed by atoms with van der Waals surface area (Å²) in [5.74, 6) is -1.23. The predicted octanol–water partition coefficient (Wildman–Crippen LogP) is 1.50. The van der Waals surface area contributed by atoms with Gasteiger partial charge in [-0.2, -0.15) is 0 Å². The minimum atomic E-state index is -1.09. The highest BCUT2D eigenvalue weighted by atomic mass is 16.5. The summed E-state index contributed by atoms with van der Waals surface area (Å²) in [6.45, 7) is 1.42. The molecule has 0 spiro atoms. The van der Waals surface area contributed by atoms with Crippen molar-refractivity contribution in [2.75, 3.05) is 5.32 Å². The van der Waals surface area contributed by atoms with Crippen LogP contribution in [0.25, 0.3) is 10.9 Å². The van der Waals surface area contributed by atoms with Gasteiger partial charge in [0.2, 0.25) is 11.5 Å². The lowest BCUT2D eigenvalue weighted by Crippen LogP contribution is -2.31. The van der Waals surface area contributed by atoms with Crippen molar-refractivity contribution in [1.82, 2.24) is 15.0 Å². The van der Waals surface area contributed by atoms with E-state index in [0.717, 1.165) is 6.07 Å². The fourth-order valence-electron chi connectivity index (χ4n) is 2.23. The monoisotopic (exact) mass is 338 g/mol. The summed E-state index contributed by atoms with van der Waals surface area (Å²) >= 11 is 0. The van der Waals surface area contributed by atoms with Crippen LogP contribution in [0.4, 0.5) is 5.95 Å². The molecule has 8 nitrogen and oxygen atoms in total. The van der Waals surface area contributed by atoms with Crippen molar-refractivity contribution >= 4 is 28.7 Å². The third kappa shape index (κ3) is 3.69. The minimum absolute atomic E-state index is 0.0926. The van der Waals surface area contributed by atoms with Crippen LogP contribution in [0.5, 0.6) is 0 Å². The highest BCUT2D eigenvalue weighted by molar-refractivity contribution is 6.04. The van der Waals surface area contributed by atoms with Gasteiger partial charge in [-0.15, -0.1) is 0 Å². The van der Waals surface area contributed by atoms with Gasteiger partial charge in [0.15, 0.2) is 6.10 Å². The average molecular weight is 338 g/mol. The van der Waals surface area contributed by atoms with Crippen LogP contribution in [-0.2, 0) is 9.53 Å². The topological polar surface area (TPSA) is 114 Å². The number of H-pyrrole nitrogens is 1. The normalized spacial score (nSPS) is 11.7. The lowest BCUT2D eigenvalue weighted by molar-refractivity contribution is -0.123. The molecule has 2 heterocycles. The molecule has 1 amide bonds. The summed E-state index contributed by atoms with van der Waals surface area (Å²) in [5.41, 5.74) is 0.173. The molecule has 0 bridgehead atoms. The van der Waals surface area contributed by atoms with Crippen molar-refractivity contribution in [3.8, 4) is 0 Å². The van der Waals surface area contributed by atoms with Gasteiger partial charge in [0.1, 0.15) is 0 Å². The van der Waals surface area contributed by atoms with Crippen LogP contribution in [0.2, 0.25) is 0 Å². The maximum atomic E-state index is 12.4. The molecule has 0 saturated heterocycles. The van der Waals surface area contributed by atoms with Crippen LogP contribution >= 0.6 is 0 Å². The highest BCUT2D eigenvalue weighted by Crippen LogP contribution is 2.16. The quantitative estimate of drug-likeness (QED) is 0.697. The SMILES string of the molecule is C[C@H](OC(=O)c1cc(=O)[nH]c2ccccc12)C(=O)Nc1ncccn1. The van der Waals surface area contributed by atoms with Crippen LogP contribution in [0, 0.1) is 0 Å². The molecule has 25 heavy (non-hydrogen) atoms. The second-order valence-electron chi connectivity index (χ2n) is 5.20. The molecular weight excluding hydrogens is 324 g/mol. The number of hydrogen-bond acceptors (Lipinski definition) is 6. The van der Waals surface area contributed by atoms with Crippen LogP contribution in [0.1, 0.15) is 17.3 Å². The molecule has 0 aliphatic rings. The Kier molecular flexibility index (Phi) is 4.51. The van der Waals surface area contributed by atoms with Crippen molar-refractivity contribution in [1.29, 1.82) is 0 Å². The molecule has 126 valence electrons. The predicted molar refractivity (Wildman–Crippen MR) is 90.1 cm³/mol. The Balaban J connectivity index is 1.78. The number of anilines is 1. The molecule has 0 saturated carbocycles. The number of nitrogens with zero attached hydrogens (tertiary/aromatic N) is 2. The van der Waals surface area contributed by atoms with Gasteiger partial charge in [0.25, 0.3) is 5.91 Å². The van der Waals surface area contributed by atoms with Gasteiger partial charge in [-0.3, -0.25) is 14.9 Å². The molecule has 0 aliphatic carbocycles. The number of carbonyl (C=O) groups is 2.